The molecule has 0 aliphatic heterocycles. The Hall–Kier alpha value is -2.14. The van der Waals surface area contributed by atoms with E-state index in [1.54, 1.807) is 35.4 Å². The van der Waals surface area contributed by atoms with Crippen LogP contribution in [0, 0.1) is 6.92 Å². The van der Waals surface area contributed by atoms with Gasteiger partial charge in [-0.2, -0.15) is 0 Å². The molecule has 3 rings (SSSR count). The summed E-state index contributed by atoms with van der Waals surface area (Å²) in [7, 11) is 1.77. The lowest BCUT2D eigenvalue weighted by molar-refractivity contribution is 0.0709. The van der Waals surface area contributed by atoms with Gasteiger partial charge < -0.3 is 9.32 Å². The minimum absolute atomic E-state index is 0.0969. The van der Waals surface area contributed by atoms with Gasteiger partial charge in [-0.25, -0.2) is 4.98 Å². The Labute approximate surface area is 127 Å². The fraction of sp³-hybridized carbons (Fsp3) is 0.250. The summed E-state index contributed by atoms with van der Waals surface area (Å²) >= 11 is 1.62. The molecule has 0 saturated carbocycles. The molecule has 0 aliphatic rings. The van der Waals surface area contributed by atoms with E-state index in [9.17, 15) is 4.79 Å². The van der Waals surface area contributed by atoms with Crippen molar-refractivity contribution >= 4 is 27.5 Å². The highest BCUT2D eigenvalue weighted by molar-refractivity contribution is 7.18. The van der Waals surface area contributed by atoms with Gasteiger partial charge in [0, 0.05) is 7.05 Å². The molecular weight excluding hydrogens is 284 g/mol. The van der Waals surface area contributed by atoms with E-state index in [0.717, 1.165) is 21.0 Å². The standard InChI is InChI=1S/C16H16N2O2S/c1-10-8-9-13(20-10)16(19)18(3)11(2)15-17-12-6-4-5-7-14(12)21-15/h4-9,11H,1-3H3. The van der Waals surface area contributed by atoms with Crippen molar-refractivity contribution < 1.29 is 9.21 Å². The molecule has 1 atom stereocenters. The first-order valence-corrected chi connectivity index (χ1v) is 7.57. The highest BCUT2D eigenvalue weighted by Gasteiger charge is 2.23. The van der Waals surface area contributed by atoms with Gasteiger partial charge in [0.1, 0.15) is 10.8 Å². The molecule has 0 aliphatic carbocycles. The second-order valence-corrected chi connectivity index (χ2v) is 6.08. The summed E-state index contributed by atoms with van der Waals surface area (Å²) < 4.78 is 6.54. The normalized spacial score (nSPS) is 12.5. The number of benzene rings is 1. The van der Waals surface area contributed by atoms with Crippen LogP contribution >= 0.6 is 11.3 Å². The highest BCUT2D eigenvalue weighted by Crippen LogP contribution is 2.29. The first kappa shape index (κ1) is 13.8. The molecule has 0 saturated heterocycles. The number of thiazole rings is 1. The third-order valence-electron chi connectivity index (χ3n) is 3.52. The summed E-state index contributed by atoms with van der Waals surface area (Å²) in [5, 5.41) is 0.926. The number of fused-ring (bicyclic) bond motifs is 1. The third kappa shape index (κ3) is 2.56. The number of aromatic nitrogens is 1. The molecule has 0 radical (unpaired) electrons. The summed E-state index contributed by atoms with van der Waals surface area (Å²) in [5.41, 5.74) is 0.971. The lowest BCUT2D eigenvalue weighted by Crippen LogP contribution is -2.29. The first-order chi connectivity index (χ1) is 10.1. The number of amides is 1. The van der Waals surface area contributed by atoms with E-state index in [0.29, 0.717) is 5.76 Å². The van der Waals surface area contributed by atoms with Crippen LogP contribution in [-0.2, 0) is 0 Å². The maximum Gasteiger partial charge on any atom is 0.289 e. The quantitative estimate of drug-likeness (QED) is 0.733. The molecule has 0 fully saturated rings. The second-order valence-electron chi connectivity index (χ2n) is 5.02. The predicted molar refractivity (Wildman–Crippen MR) is 83.6 cm³/mol. The summed E-state index contributed by atoms with van der Waals surface area (Å²) in [6, 6.07) is 11.4. The van der Waals surface area contributed by atoms with Crippen molar-refractivity contribution in [3.8, 4) is 0 Å². The number of aryl methyl sites for hydroxylation is 1. The number of hydrogen-bond donors (Lipinski definition) is 0. The SMILES string of the molecule is Cc1ccc(C(=O)N(C)C(C)c2nc3ccccc3s2)o1. The van der Waals surface area contributed by atoms with Crippen LogP contribution in [0.2, 0.25) is 0 Å². The maximum atomic E-state index is 12.4. The van der Waals surface area contributed by atoms with E-state index < -0.39 is 0 Å². The van der Waals surface area contributed by atoms with Crippen LogP contribution in [0.25, 0.3) is 10.2 Å². The van der Waals surface area contributed by atoms with E-state index in [2.05, 4.69) is 4.98 Å². The maximum absolute atomic E-state index is 12.4. The van der Waals surface area contributed by atoms with E-state index >= 15 is 0 Å². The first-order valence-electron chi connectivity index (χ1n) is 6.75. The Morgan fingerprint density at radius 1 is 1.29 bits per heavy atom. The molecule has 0 N–H and O–H groups in total. The summed E-state index contributed by atoms with van der Waals surface area (Å²) in [6.45, 7) is 3.80. The van der Waals surface area contributed by atoms with Gasteiger partial charge in [0.15, 0.2) is 5.76 Å². The molecule has 1 unspecified atom stereocenters. The van der Waals surface area contributed by atoms with Gasteiger partial charge in [-0.15, -0.1) is 11.3 Å². The highest BCUT2D eigenvalue weighted by atomic mass is 32.1. The van der Waals surface area contributed by atoms with Crippen molar-refractivity contribution in [3.05, 3.63) is 52.9 Å². The fourth-order valence-electron chi connectivity index (χ4n) is 2.13. The zero-order valence-corrected chi connectivity index (χ0v) is 13.0. The Morgan fingerprint density at radius 2 is 2.05 bits per heavy atom. The van der Waals surface area contributed by atoms with Gasteiger partial charge in [0.2, 0.25) is 0 Å². The molecule has 3 aromatic rings. The van der Waals surface area contributed by atoms with E-state index in [-0.39, 0.29) is 11.9 Å². The number of carbonyl (C=O) groups is 1. The average molecular weight is 300 g/mol. The summed E-state index contributed by atoms with van der Waals surface area (Å²) in [6.07, 6.45) is 0. The Morgan fingerprint density at radius 3 is 2.71 bits per heavy atom. The molecule has 21 heavy (non-hydrogen) atoms. The van der Waals surface area contributed by atoms with Crippen molar-refractivity contribution in [2.75, 3.05) is 7.05 Å². The Balaban J connectivity index is 1.86. The van der Waals surface area contributed by atoms with Crippen molar-refractivity contribution in [2.24, 2.45) is 0 Å². The van der Waals surface area contributed by atoms with Gasteiger partial charge in [-0.1, -0.05) is 12.1 Å². The lowest BCUT2D eigenvalue weighted by atomic mass is 10.3. The van der Waals surface area contributed by atoms with Crippen LogP contribution in [-0.4, -0.2) is 22.8 Å². The van der Waals surface area contributed by atoms with Gasteiger partial charge in [-0.3, -0.25) is 4.79 Å². The van der Waals surface area contributed by atoms with Crippen LogP contribution in [0.5, 0.6) is 0 Å². The molecule has 0 spiro atoms. The van der Waals surface area contributed by atoms with Gasteiger partial charge in [-0.05, 0) is 38.1 Å². The number of hydrogen-bond acceptors (Lipinski definition) is 4. The van der Waals surface area contributed by atoms with Crippen molar-refractivity contribution in [2.45, 2.75) is 19.9 Å². The monoisotopic (exact) mass is 300 g/mol. The number of rotatable bonds is 3. The van der Waals surface area contributed by atoms with Gasteiger partial charge in [0.25, 0.3) is 5.91 Å². The van der Waals surface area contributed by atoms with Crippen LogP contribution in [0.4, 0.5) is 0 Å². The average Bonchev–Trinajstić information content (AvgIpc) is 3.10. The molecule has 4 nitrogen and oxygen atoms in total. The largest absolute Gasteiger partial charge is 0.456 e. The smallest absolute Gasteiger partial charge is 0.289 e. The molecule has 5 heteroatoms. The molecular formula is C16H16N2O2S. The van der Waals surface area contributed by atoms with Crippen LogP contribution < -0.4 is 0 Å². The van der Waals surface area contributed by atoms with Gasteiger partial charge in [0.05, 0.1) is 16.3 Å². The molecule has 1 amide bonds. The number of nitrogens with zero attached hydrogens (tertiary/aromatic N) is 2. The van der Waals surface area contributed by atoms with Crippen molar-refractivity contribution in [3.63, 3.8) is 0 Å². The predicted octanol–water partition coefficient (Wildman–Crippen LogP) is 4.03. The molecule has 2 heterocycles. The fourth-order valence-corrected chi connectivity index (χ4v) is 3.20. The lowest BCUT2D eigenvalue weighted by Gasteiger charge is -2.22. The summed E-state index contributed by atoms with van der Waals surface area (Å²) in [5.74, 6) is 0.970. The molecule has 1 aromatic carbocycles. The van der Waals surface area contributed by atoms with Crippen molar-refractivity contribution in [1.82, 2.24) is 9.88 Å². The number of furan rings is 1. The molecule has 0 bridgehead atoms. The Kier molecular flexibility index (Phi) is 3.51. The molecule has 2 aromatic heterocycles. The summed E-state index contributed by atoms with van der Waals surface area (Å²) in [4.78, 5) is 18.7. The van der Waals surface area contributed by atoms with E-state index in [1.807, 2.05) is 38.1 Å². The zero-order valence-electron chi connectivity index (χ0n) is 12.2. The topological polar surface area (TPSA) is 46.3 Å². The zero-order chi connectivity index (χ0) is 15.0. The van der Waals surface area contributed by atoms with E-state index in [4.69, 9.17) is 4.42 Å². The van der Waals surface area contributed by atoms with Crippen LogP contribution in [0.1, 0.15) is 34.3 Å². The minimum Gasteiger partial charge on any atom is -0.456 e. The third-order valence-corrected chi connectivity index (χ3v) is 4.73. The second kappa shape index (κ2) is 5.33. The van der Waals surface area contributed by atoms with E-state index in [1.165, 1.54) is 0 Å². The van der Waals surface area contributed by atoms with Crippen molar-refractivity contribution in [1.29, 1.82) is 0 Å². The number of carbonyl (C=O) groups excluding carboxylic acids is 1. The minimum atomic E-state index is -0.130. The van der Waals surface area contributed by atoms with Crippen LogP contribution in [0.15, 0.2) is 40.8 Å². The molecule has 108 valence electrons. The van der Waals surface area contributed by atoms with Crippen LogP contribution in [0.3, 0.4) is 0 Å². The Bertz CT molecular complexity index is 757. The van der Waals surface area contributed by atoms with Gasteiger partial charge >= 0.3 is 0 Å². The number of para-hydroxylation sites is 1.